The van der Waals surface area contributed by atoms with Gasteiger partial charge in [0, 0.05) is 10.9 Å². The molecule has 1 aliphatic rings. The van der Waals surface area contributed by atoms with Crippen LogP contribution in [0.25, 0.3) is 11.3 Å². The van der Waals surface area contributed by atoms with Crippen LogP contribution in [0.4, 0.5) is 11.4 Å². The Kier molecular flexibility index (Phi) is 5.86. The fraction of sp³-hybridized carbons (Fsp3) is 0.148. The molecular weight excluding hydrogens is 444 g/mol. The van der Waals surface area contributed by atoms with Crippen molar-refractivity contribution in [3.8, 4) is 17.0 Å². The van der Waals surface area contributed by atoms with E-state index in [-0.39, 0.29) is 12.5 Å². The summed E-state index contributed by atoms with van der Waals surface area (Å²) in [4.78, 5) is 17.5. The molecule has 170 valence electrons. The van der Waals surface area contributed by atoms with Crippen molar-refractivity contribution in [3.05, 3.63) is 93.1 Å². The zero-order valence-electron chi connectivity index (χ0n) is 19.2. The molecule has 1 aliphatic heterocycles. The van der Waals surface area contributed by atoms with Gasteiger partial charge in [0.25, 0.3) is 5.91 Å². The van der Waals surface area contributed by atoms with Gasteiger partial charge in [0.2, 0.25) is 4.80 Å². The third kappa shape index (κ3) is 4.43. The SMILES string of the molecule is Cc1ccc(C)c(N=c2scc(-c3ccc4c(c3)NC(=O)CO4)n2N=Cc2ccccc2C)c1. The summed E-state index contributed by atoms with van der Waals surface area (Å²) >= 11 is 1.52. The number of thiazole rings is 1. The first kappa shape index (κ1) is 21.9. The van der Waals surface area contributed by atoms with E-state index in [1.807, 2.05) is 52.7 Å². The molecule has 34 heavy (non-hydrogen) atoms. The summed E-state index contributed by atoms with van der Waals surface area (Å²) in [5, 5.41) is 9.76. The summed E-state index contributed by atoms with van der Waals surface area (Å²) in [6.07, 6.45) is 1.86. The molecule has 7 heteroatoms. The lowest BCUT2D eigenvalue weighted by atomic mass is 10.1. The molecular formula is C27H24N4O2S. The number of rotatable bonds is 4. The maximum atomic E-state index is 11.8. The number of hydrogen-bond donors (Lipinski definition) is 1. The summed E-state index contributed by atoms with van der Waals surface area (Å²) in [7, 11) is 0. The lowest BCUT2D eigenvalue weighted by Gasteiger charge is -2.18. The number of anilines is 1. The predicted octanol–water partition coefficient (Wildman–Crippen LogP) is 5.59. The zero-order valence-corrected chi connectivity index (χ0v) is 20.0. The molecule has 0 saturated carbocycles. The fourth-order valence-corrected chi connectivity index (χ4v) is 4.57. The number of fused-ring (bicyclic) bond motifs is 1. The molecule has 0 bridgehead atoms. The zero-order chi connectivity index (χ0) is 23.7. The van der Waals surface area contributed by atoms with E-state index in [1.54, 1.807) is 0 Å². The molecule has 1 amide bonds. The van der Waals surface area contributed by atoms with E-state index in [0.717, 1.165) is 44.0 Å². The average molecular weight is 469 g/mol. The Morgan fingerprint density at radius 1 is 1.03 bits per heavy atom. The second kappa shape index (κ2) is 9.11. The highest BCUT2D eigenvalue weighted by Gasteiger charge is 2.18. The van der Waals surface area contributed by atoms with Crippen LogP contribution in [0.2, 0.25) is 0 Å². The molecule has 0 spiro atoms. The summed E-state index contributed by atoms with van der Waals surface area (Å²) in [5.74, 6) is 0.500. The molecule has 1 N–H and O–H groups in total. The van der Waals surface area contributed by atoms with Gasteiger partial charge in [0.1, 0.15) is 5.75 Å². The van der Waals surface area contributed by atoms with E-state index in [4.69, 9.17) is 14.8 Å². The van der Waals surface area contributed by atoms with Gasteiger partial charge in [0.15, 0.2) is 6.61 Å². The first-order valence-electron chi connectivity index (χ1n) is 11.0. The van der Waals surface area contributed by atoms with E-state index in [9.17, 15) is 4.79 Å². The Labute approximate surface area is 201 Å². The number of benzene rings is 3. The van der Waals surface area contributed by atoms with E-state index in [2.05, 4.69) is 50.4 Å². The van der Waals surface area contributed by atoms with Gasteiger partial charge >= 0.3 is 0 Å². The first-order chi connectivity index (χ1) is 16.5. The van der Waals surface area contributed by atoms with Crippen molar-refractivity contribution in [1.82, 2.24) is 4.68 Å². The average Bonchev–Trinajstić information content (AvgIpc) is 3.22. The van der Waals surface area contributed by atoms with Crippen LogP contribution in [-0.4, -0.2) is 23.4 Å². The number of ether oxygens (including phenoxy) is 1. The summed E-state index contributed by atoms with van der Waals surface area (Å²) in [6.45, 7) is 6.21. The molecule has 0 unspecified atom stereocenters. The van der Waals surface area contributed by atoms with Gasteiger partial charge < -0.3 is 10.1 Å². The highest BCUT2D eigenvalue weighted by molar-refractivity contribution is 7.07. The van der Waals surface area contributed by atoms with Crippen LogP contribution in [0.3, 0.4) is 0 Å². The van der Waals surface area contributed by atoms with Crippen molar-refractivity contribution in [2.24, 2.45) is 10.1 Å². The van der Waals surface area contributed by atoms with Crippen LogP contribution in [-0.2, 0) is 4.79 Å². The minimum Gasteiger partial charge on any atom is -0.482 e. The number of aryl methyl sites for hydroxylation is 3. The molecule has 6 nitrogen and oxygen atoms in total. The van der Waals surface area contributed by atoms with Gasteiger partial charge in [0.05, 0.1) is 23.3 Å². The van der Waals surface area contributed by atoms with Gasteiger partial charge in [-0.05, 0) is 67.3 Å². The van der Waals surface area contributed by atoms with E-state index >= 15 is 0 Å². The quantitative estimate of drug-likeness (QED) is 0.397. The molecule has 0 saturated heterocycles. The standard InChI is InChI=1S/C27H24N4O2S/c1-17-8-9-19(3)22(12-17)30-27-31(28-14-21-7-5-4-6-18(21)2)24(16-34-27)20-10-11-25-23(13-20)29-26(32)15-33-25/h4-14,16H,15H2,1-3H3,(H,29,32). The number of carbonyl (C=O) groups is 1. The normalized spacial score (nSPS) is 13.6. The molecule has 5 rings (SSSR count). The molecule has 4 aromatic rings. The Balaban J connectivity index is 1.66. The summed E-state index contributed by atoms with van der Waals surface area (Å²) < 4.78 is 7.37. The van der Waals surface area contributed by atoms with Crippen LogP contribution in [0.1, 0.15) is 22.3 Å². The van der Waals surface area contributed by atoms with Crippen LogP contribution in [0.5, 0.6) is 5.75 Å². The second-order valence-electron chi connectivity index (χ2n) is 8.27. The minimum atomic E-state index is -0.161. The molecule has 0 atom stereocenters. The van der Waals surface area contributed by atoms with Crippen LogP contribution in [0.15, 0.2) is 76.1 Å². The van der Waals surface area contributed by atoms with Crippen molar-refractivity contribution in [3.63, 3.8) is 0 Å². The topological polar surface area (TPSA) is 68.0 Å². The van der Waals surface area contributed by atoms with Gasteiger partial charge in [-0.3, -0.25) is 4.79 Å². The monoisotopic (exact) mass is 468 g/mol. The third-order valence-electron chi connectivity index (χ3n) is 5.68. The minimum absolute atomic E-state index is 0.0321. The van der Waals surface area contributed by atoms with E-state index in [1.165, 1.54) is 11.3 Å². The molecule has 0 aliphatic carbocycles. The number of nitrogens with zero attached hydrogens (tertiary/aromatic N) is 3. The Bertz CT molecular complexity index is 1500. The maximum Gasteiger partial charge on any atom is 0.262 e. The van der Waals surface area contributed by atoms with Crippen LogP contribution >= 0.6 is 11.3 Å². The van der Waals surface area contributed by atoms with Crippen LogP contribution in [0, 0.1) is 20.8 Å². The largest absolute Gasteiger partial charge is 0.482 e. The van der Waals surface area contributed by atoms with Crippen molar-refractivity contribution in [1.29, 1.82) is 0 Å². The van der Waals surface area contributed by atoms with Crippen molar-refractivity contribution >= 4 is 34.8 Å². The lowest BCUT2D eigenvalue weighted by Crippen LogP contribution is -2.25. The number of aromatic nitrogens is 1. The first-order valence-corrected chi connectivity index (χ1v) is 11.9. The Morgan fingerprint density at radius 3 is 2.74 bits per heavy atom. The van der Waals surface area contributed by atoms with Crippen LogP contribution < -0.4 is 14.9 Å². The Morgan fingerprint density at radius 2 is 1.88 bits per heavy atom. The molecule has 0 fully saturated rings. The maximum absolute atomic E-state index is 11.8. The summed E-state index contributed by atoms with van der Waals surface area (Å²) in [6, 6.07) is 20.1. The van der Waals surface area contributed by atoms with Crippen molar-refractivity contribution in [2.45, 2.75) is 20.8 Å². The smallest absolute Gasteiger partial charge is 0.262 e. The molecule has 3 aromatic carbocycles. The summed E-state index contributed by atoms with van der Waals surface area (Å²) in [5.41, 5.74) is 7.79. The Hall–Kier alpha value is -3.97. The molecule has 2 heterocycles. The molecule has 1 aromatic heterocycles. The fourth-order valence-electron chi connectivity index (χ4n) is 3.72. The predicted molar refractivity (Wildman–Crippen MR) is 137 cm³/mol. The highest BCUT2D eigenvalue weighted by atomic mass is 32.1. The van der Waals surface area contributed by atoms with Gasteiger partial charge in [-0.15, -0.1) is 11.3 Å². The number of carbonyl (C=O) groups excluding carboxylic acids is 1. The van der Waals surface area contributed by atoms with E-state index in [0.29, 0.717) is 11.4 Å². The second-order valence-corrected chi connectivity index (χ2v) is 9.10. The van der Waals surface area contributed by atoms with Gasteiger partial charge in [-0.2, -0.15) is 5.10 Å². The molecule has 0 radical (unpaired) electrons. The number of hydrogen-bond acceptors (Lipinski definition) is 5. The number of amides is 1. The van der Waals surface area contributed by atoms with Crippen molar-refractivity contribution in [2.75, 3.05) is 11.9 Å². The highest BCUT2D eigenvalue weighted by Crippen LogP contribution is 2.33. The van der Waals surface area contributed by atoms with E-state index < -0.39 is 0 Å². The lowest BCUT2D eigenvalue weighted by molar-refractivity contribution is -0.118. The third-order valence-corrected chi connectivity index (χ3v) is 6.49. The number of nitrogens with one attached hydrogen (secondary N) is 1. The van der Waals surface area contributed by atoms with Crippen molar-refractivity contribution < 1.29 is 9.53 Å². The van der Waals surface area contributed by atoms with Gasteiger partial charge in [-0.25, -0.2) is 9.67 Å². The van der Waals surface area contributed by atoms with Gasteiger partial charge in [-0.1, -0.05) is 36.4 Å².